The second kappa shape index (κ2) is 7.41. The molecule has 1 aliphatic heterocycles. The fourth-order valence-electron chi connectivity index (χ4n) is 2.94. The van der Waals surface area contributed by atoms with Crippen molar-refractivity contribution in [3.05, 3.63) is 59.8 Å². The van der Waals surface area contributed by atoms with Crippen molar-refractivity contribution in [3.8, 4) is 0 Å². The molecule has 116 valence electrons. The third kappa shape index (κ3) is 4.08. The van der Waals surface area contributed by atoms with Gasteiger partial charge in [0.1, 0.15) is 5.82 Å². The monoisotopic (exact) mass is 296 g/mol. The summed E-state index contributed by atoms with van der Waals surface area (Å²) in [5.74, 6) is 1.10. The van der Waals surface area contributed by atoms with Crippen molar-refractivity contribution in [2.24, 2.45) is 0 Å². The van der Waals surface area contributed by atoms with Gasteiger partial charge in [0.15, 0.2) is 0 Å². The lowest BCUT2D eigenvalue weighted by molar-refractivity contribution is 0.0390. The fraction of sp³-hybridized carbons (Fsp3) is 0.421. The topological polar surface area (TPSA) is 25.4 Å². The van der Waals surface area contributed by atoms with E-state index in [9.17, 15) is 0 Å². The van der Waals surface area contributed by atoms with E-state index in [2.05, 4.69) is 52.3 Å². The zero-order valence-electron chi connectivity index (χ0n) is 13.2. The summed E-state index contributed by atoms with van der Waals surface area (Å²) in [4.78, 5) is 6.97. The molecule has 3 nitrogen and oxygen atoms in total. The number of rotatable bonds is 5. The number of aryl methyl sites for hydroxylation is 1. The molecule has 0 atom stereocenters. The van der Waals surface area contributed by atoms with Crippen LogP contribution in [0.2, 0.25) is 0 Å². The van der Waals surface area contributed by atoms with Gasteiger partial charge in [-0.3, -0.25) is 0 Å². The Balaban J connectivity index is 1.42. The molecule has 0 spiro atoms. The Morgan fingerprint density at radius 3 is 2.55 bits per heavy atom. The summed E-state index contributed by atoms with van der Waals surface area (Å²) in [5.41, 5.74) is 2.43. The minimum Gasteiger partial charge on any atom is -0.378 e. The molecule has 1 aromatic carbocycles. The molecule has 2 aromatic rings. The number of hydrogen-bond donors (Lipinski definition) is 0. The second-order valence-corrected chi connectivity index (χ2v) is 5.93. The van der Waals surface area contributed by atoms with Crippen LogP contribution in [0, 0.1) is 6.92 Å². The lowest BCUT2D eigenvalue weighted by Gasteiger charge is -2.32. The first-order chi connectivity index (χ1) is 10.8. The van der Waals surface area contributed by atoms with E-state index in [1.165, 1.54) is 5.56 Å². The van der Waals surface area contributed by atoms with E-state index < -0.39 is 0 Å². The summed E-state index contributed by atoms with van der Waals surface area (Å²) < 4.78 is 6.05. The van der Waals surface area contributed by atoms with Crippen LogP contribution in [-0.4, -0.2) is 30.8 Å². The zero-order valence-corrected chi connectivity index (χ0v) is 13.2. The molecule has 0 unspecified atom stereocenters. The van der Waals surface area contributed by atoms with Gasteiger partial charge in [0.25, 0.3) is 0 Å². The van der Waals surface area contributed by atoms with Crippen molar-refractivity contribution in [1.29, 1.82) is 0 Å². The molecule has 0 radical (unpaired) electrons. The van der Waals surface area contributed by atoms with Crippen LogP contribution in [0.3, 0.4) is 0 Å². The molecule has 1 saturated heterocycles. The van der Waals surface area contributed by atoms with Crippen molar-refractivity contribution in [2.45, 2.75) is 32.3 Å². The summed E-state index contributed by atoms with van der Waals surface area (Å²) in [7, 11) is 0. The maximum atomic E-state index is 6.05. The molecule has 3 heteroatoms. The quantitative estimate of drug-likeness (QED) is 0.842. The molecule has 0 bridgehead atoms. The van der Waals surface area contributed by atoms with E-state index in [1.54, 1.807) is 0 Å². The van der Waals surface area contributed by atoms with Crippen molar-refractivity contribution >= 4 is 5.82 Å². The van der Waals surface area contributed by atoms with E-state index in [0.29, 0.717) is 6.10 Å². The lowest BCUT2D eigenvalue weighted by atomic mass is 10.1. The number of ether oxygens (including phenoxy) is 1. The zero-order chi connectivity index (χ0) is 15.2. The Bertz CT molecular complexity index is 577. The van der Waals surface area contributed by atoms with E-state index in [-0.39, 0.29) is 0 Å². The third-order valence-electron chi connectivity index (χ3n) is 4.23. The number of benzene rings is 1. The largest absolute Gasteiger partial charge is 0.378 e. The average Bonchev–Trinajstić information content (AvgIpc) is 2.56. The van der Waals surface area contributed by atoms with Crippen LogP contribution in [0.4, 0.5) is 5.82 Å². The highest BCUT2D eigenvalue weighted by Gasteiger charge is 2.20. The Labute approximate surface area is 132 Å². The van der Waals surface area contributed by atoms with E-state index in [4.69, 9.17) is 4.74 Å². The molecule has 0 amide bonds. The highest BCUT2D eigenvalue weighted by molar-refractivity contribution is 5.39. The van der Waals surface area contributed by atoms with Gasteiger partial charge in [-0.05, 0) is 43.9 Å². The Kier molecular flexibility index (Phi) is 5.07. The summed E-state index contributed by atoms with van der Waals surface area (Å²) in [5, 5.41) is 0. The molecule has 0 N–H and O–H groups in total. The first-order valence-corrected chi connectivity index (χ1v) is 8.15. The molecule has 22 heavy (non-hydrogen) atoms. The number of pyridine rings is 1. The van der Waals surface area contributed by atoms with Crippen LogP contribution < -0.4 is 4.90 Å². The molecule has 3 rings (SSSR count). The normalized spacial score (nSPS) is 16.0. The maximum absolute atomic E-state index is 6.05. The van der Waals surface area contributed by atoms with E-state index >= 15 is 0 Å². The fourth-order valence-corrected chi connectivity index (χ4v) is 2.94. The van der Waals surface area contributed by atoms with Crippen LogP contribution >= 0.6 is 0 Å². The van der Waals surface area contributed by atoms with Gasteiger partial charge in [-0.1, -0.05) is 36.4 Å². The highest BCUT2D eigenvalue weighted by Crippen LogP contribution is 2.20. The van der Waals surface area contributed by atoms with E-state index in [0.717, 1.165) is 50.5 Å². The highest BCUT2D eigenvalue weighted by atomic mass is 16.5. The smallest absolute Gasteiger partial charge is 0.128 e. The first-order valence-electron chi connectivity index (χ1n) is 8.15. The number of hydrogen-bond acceptors (Lipinski definition) is 3. The van der Waals surface area contributed by atoms with Crippen molar-refractivity contribution in [3.63, 3.8) is 0 Å². The first kappa shape index (κ1) is 15.0. The van der Waals surface area contributed by atoms with Crippen LogP contribution in [0.15, 0.2) is 48.5 Å². The molecular formula is C19H24N2O. The van der Waals surface area contributed by atoms with Gasteiger partial charge in [0.2, 0.25) is 0 Å². The van der Waals surface area contributed by atoms with Crippen LogP contribution in [0.5, 0.6) is 0 Å². The van der Waals surface area contributed by atoms with Crippen LogP contribution in [0.1, 0.15) is 24.1 Å². The van der Waals surface area contributed by atoms with Gasteiger partial charge in [0.05, 0.1) is 12.7 Å². The minimum atomic E-state index is 0.393. The SMILES string of the molecule is Cc1cccc(N2CCC(OCCc3ccccc3)CC2)n1. The van der Waals surface area contributed by atoms with Gasteiger partial charge in [-0.15, -0.1) is 0 Å². The molecule has 2 heterocycles. The summed E-state index contributed by atoms with van der Waals surface area (Å²) in [6, 6.07) is 16.8. The number of aromatic nitrogens is 1. The predicted octanol–water partition coefficient (Wildman–Crippen LogP) is 3.62. The molecular weight excluding hydrogens is 272 g/mol. The van der Waals surface area contributed by atoms with Gasteiger partial charge < -0.3 is 9.64 Å². The second-order valence-electron chi connectivity index (χ2n) is 5.93. The third-order valence-corrected chi connectivity index (χ3v) is 4.23. The standard InChI is InChI=1S/C19H24N2O/c1-16-6-5-9-19(20-16)21-13-10-18(11-14-21)22-15-12-17-7-3-2-4-8-17/h2-9,18H,10-15H2,1H3. The number of nitrogens with zero attached hydrogens (tertiary/aromatic N) is 2. The van der Waals surface area contributed by atoms with Gasteiger partial charge in [-0.2, -0.15) is 0 Å². The summed E-state index contributed by atoms with van der Waals surface area (Å²) in [6.07, 6.45) is 3.57. The summed E-state index contributed by atoms with van der Waals surface area (Å²) >= 11 is 0. The van der Waals surface area contributed by atoms with Crippen LogP contribution in [0.25, 0.3) is 0 Å². The van der Waals surface area contributed by atoms with Crippen molar-refractivity contribution in [1.82, 2.24) is 4.98 Å². The molecule has 0 saturated carbocycles. The van der Waals surface area contributed by atoms with Gasteiger partial charge >= 0.3 is 0 Å². The predicted molar refractivity (Wildman–Crippen MR) is 90.3 cm³/mol. The average molecular weight is 296 g/mol. The van der Waals surface area contributed by atoms with Gasteiger partial charge in [0, 0.05) is 18.8 Å². The Hall–Kier alpha value is -1.87. The lowest BCUT2D eigenvalue weighted by Crippen LogP contribution is -2.37. The van der Waals surface area contributed by atoms with E-state index in [1.807, 2.05) is 13.0 Å². The van der Waals surface area contributed by atoms with Crippen molar-refractivity contribution in [2.75, 3.05) is 24.6 Å². The van der Waals surface area contributed by atoms with Gasteiger partial charge in [-0.25, -0.2) is 4.98 Å². The summed E-state index contributed by atoms with van der Waals surface area (Å²) in [6.45, 7) is 4.93. The Morgan fingerprint density at radius 1 is 1.05 bits per heavy atom. The molecule has 1 aromatic heterocycles. The molecule has 1 aliphatic rings. The Morgan fingerprint density at radius 2 is 1.82 bits per heavy atom. The maximum Gasteiger partial charge on any atom is 0.128 e. The van der Waals surface area contributed by atoms with Crippen molar-refractivity contribution < 1.29 is 4.74 Å². The molecule has 1 fully saturated rings. The number of piperidine rings is 1. The molecule has 0 aliphatic carbocycles. The van der Waals surface area contributed by atoms with Crippen LogP contribution in [-0.2, 0) is 11.2 Å². The minimum absolute atomic E-state index is 0.393. The number of anilines is 1.